The van der Waals surface area contributed by atoms with Crippen LogP contribution in [-0.2, 0) is 9.59 Å². The molecule has 7 nitrogen and oxygen atoms in total. The highest BCUT2D eigenvalue weighted by Crippen LogP contribution is 2.39. The third-order valence-corrected chi connectivity index (χ3v) is 5.53. The van der Waals surface area contributed by atoms with Crippen LogP contribution >= 0.6 is 0 Å². The van der Waals surface area contributed by atoms with E-state index in [1.165, 1.54) is 12.0 Å². The van der Waals surface area contributed by atoms with E-state index in [-0.39, 0.29) is 11.3 Å². The van der Waals surface area contributed by atoms with Crippen LogP contribution in [0.15, 0.2) is 72.4 Å². The van der Waals surface area contributed by atoms with Crippen LogP contribution < -0.4 is 24.4 Å². The number of fused-ring (bicyclic) bond motifs is 1. The molecule has 33 heavy (non-hydrogen) atoms. The van der Waals surface area contributed by atoms with Crippen LogP contribution in [0.3, 0.4) is 0 Å². The molecule has 1 N–H and O–H groups in total. The zero-order valence-electron chi connectivity index (χ0n) is 18.3. The van der Waals surface area contributed by atoms with Gasteiger partial charge in [0.25, 0.3) is 11.8 Å². The average molecular weight is 442 g/mol. The van der Waals surface area contributed by atoms with Crippen molar-refractivity contribution < 1.29 is 23.8 Å². The van der Waals surface area contributed by atoms with E-state index < -0.39 is 11.8 Å². The van der Waals surface area contributed by atoms with Crippen molar-refractivity contribution in [2.24, 2.45) is 0 Å². The SMILES string of the molecule is COc1ccccc1C1=C(Nc2ccc3c(c2)OCCO3)C(=O)N(c2cccc(C)c2)C1=O. The number of rotatable bonds is 5. The fourth-order valence-corrected chi connectivity index (χ4v) is 4.01. The summed E-state index contributed by atoms with van der Waals surface area (Å²) in [5.41, 5.74) is 3.01. The molecule has 5 rings (SSSR count). The van der Waals surface area contributed by atoms with Gasteiger partial charge in [0.2, 0.25) is 0 Å². The monoisotopic (exact) mass is 442 g/mol. The standard InChI is InChI=1S/C26H22N2O5/c1-16-6-5-7-18(14-16)28-25(29)23(19-8-3-4-9-20(19)31-2)24(26(28)30)27-17-10-11-21-22(15-17)33-13-12-32-21/h3-11,14-15,27H,12-13H2,1-2H3. The number of methoxy groups -OCH3 is 1. The Balaban J connectivity index is 1.62. The number of amides is 2. The fraction of sp³-hybridized carbons (Fsp3) is 0.154. The van der Waals surface area contributed by atoms with Gasteiger partial charge in [0.05, 0.1) is 18.4 Å². The molecule has 0 aliphatic carbocycles. The van der Waals surface area contributed by atoms with Crippen molar-refractivity contribution >= 4 is 28.8 Å². The highest BCUT2D eigenvalue weighted by Gasteiger charge is 2.41. The molecule has 0 saturated carbocycles. The number of aryl methyl sites for hydroxylation is 1. The fourth-order valence-electron chi connectivity index (χ4n) is 4.01. The molecule has 2 heterocycles. The number of nitrogens with one attached hydrogen (secondary N) is 1. The van der Waals surface area contributed by atoms with E-state index in [1.54, 1.807) is 42.5 Å². The molecule has 7 heteroatoms. The predicted octanol–water partition coefficient (Wildman–Crippen LogP) is 4.17. The van der Waals surface area contributed by atoms with Gasteiger partial charge < -0.3 is 19.5 Å². The first kappa shape index (κ1) is 20.6. The first-order valence-electron chi connectivity index (χ1n) is 10.6. The number of para-hydroxylation sites is 1. The molecule has 2 aliphatic heterocycles. The van der Waals surface area contributed by atoms with Crippen molar-refractivity contribution in [3.63, 3.8) is 0 Å². The second-order valence-corrected chi connectivity index (χ2v) is 7.72. The average Bonchev–Trinajstić information content (AvgIpc) is 3.08. The van der Waals surface area contributed by atoms with Crippen LogP contribution in [0, 0.1) is 6.92 Å². The number of imide groups is 1. The number of hydrogen-bond acceptors (Lipinski definition) is 6. The lowest BCUT2D eigenvalue weighted by atomic mass is 10.0. The Morgan fingerprint density at radius 2 is 1.67 bits per heavy atom. The van der Waals surface area contributed by atoms with E-state index in [1.807, 2.05) is 31.2 Å². The van der Waals surface area contributed by atoms with Gasteiger partial charge in [-0.1, -0.05) is 30.3 Å². The first-order valence-corrected chi connectivity index (χ1v) is 10.6. The lowest BCUT2D eigenvalue weighted by Crippen LogP contribution is -2.32. The van der Waals surface area contributed by atoms with Gasteiger partial charge in [-0.2, -0.15) is 0 Å². The smallest absolute Gasteiger partial charge is 0.282 e. The van der Waals surface area contributed by atoms with Crippen LogP contribution in [-0.4, -0.2) is 32.1 Å². The molecule has 0 bridgehead atoms. The number of benzene rings is 3. The van der Waals surface area contributed by atoms with Gasteiger partial charge in [-0.25, -0.2) is 4.90 Å². The molecule has 0 spiro atoms. The summed E-state index contributed by atoms with van der Waals surface area (Å²) in [6.07, 6.45) is 0. The highest BCUT2D eigenvalue weighted by atomic mass is 16.6. The van der Waals surface area contributed by atoms with E-state index in [2.05, 4.69) is 5.32 Å². The highest BCUT2D eigenvalue weighted by molar-refractivity contribution is 6.46. The number of carbonyl (C=O) groups is 2. The van der Waals surface area contributed by atoms with Crippen LogP contribution in [0.5, 0.6) is 17.2 Å². The molecule has 0 atom stereocenters. The maximum Gasteiger partial charge on any atom is 0.282 e. The van der Waals surface area contributed by atoms with E-state index >= 15 is 0 Å². The van der Waals surface area contributed by atoms with Crippen molar-refractivity contribution in [3.8, 4) is 17.2 Å². The predicted molar refractivity (Wildman–Crippen MR) is 125 cm³/mol. The summed E-state index contributed by atoms with van der Waals surface area (Å²) >= 11 is 0. The number of nitrogens with zero attached hydrogens (tertiary/aromatic N) is 1. The Morgan fingerprint density at radius 1 is 0.879 bits per heavy atom. The molecule has 0 fully saturated rings. The molecule has 166 valence electrons. The van der Waals surface area contributed by atoms with Gasteiger partial charge in [0.15, 0.2) is 11.5 Å². The normalized spacial score (nSPS) is 15.2. The number of ether oxygens (including phenoxy) is 3. The minimum atomic E-state index is -0.443. The van der Waals surface area contributed by atoms with Gasteiger partial charge in [0, 0.05) is 17.3 Å². The Labute approximate surface area is 191 Å². The molecule has 0 radical (unpaired) electrons. The summed E-state index contributed by atoms with van der Waals surface area (Å²) in [4.78, 5) is 28.4. The van der Waals surface area contributed by atoms with Crippen molar-refractivity contribution in [3.05, 3.63) is 83.6 Å². The maximum atomic E-state index is 13.6. The third-order valence-electron chi connectivity index (χ3n) is 5.53. The van der Waals surface area contributed by atoms with Gasteiger partial charge in [-0.05, 0) is 42.8 Å². The summed E-state index contributed by atoms with van der Waals surface area (Å²) < 4.78 is 16.7. The topological polar surface area (TPSA) is 77.1 Å². The Kier molecular flexibility index (Phi) is 5.22. The number of carbonyl (C=O) groups excluding carboxylic acids is 2. The van der Waals surface area contributed by atoms with Crippen LogP contribution in [0.25, 0.3) is 5.57 Å². The van der Waals surface area contributed by atoms with E-state index in [0.29, 0.717) is 47.4 Å². The first-order chi connectivity index (χ1) is 16.1. The van der Waals surface area contributed by atoms with Gasteiger partial charge in [0.1, 0.15) is 24.7 Å². The molecular weight excluding hydrogens is 420 g/mol. The van der Waals surface area contributed by atoms with E-state index in [9.17, 15) is 9.59 Å². The van der Waals surface area contributed by atoms with E-state index in [4.69, 9.17) is 14.2 Å². The van der Waals surface area contributed by atoms with Gasteiger partial charge in [-0.3, -0.25) is 9.59 Å². The zero-order chi connectivity index (χ0) is 22.9. The van der Waals surface area contributed by atoms with Crippen LogP contribution in [0.1, 0.15) is 11.1 Å². The molecule has 2 amide bonds. The second kappa shape index (κ2) is 8.35. The summed E-state index contributed by atoms with van der Waals surface area (Å²) in [6, 6.07) is 19.8. The second-order valence-electron chi connectivity index (χ2n) is 7.72. The van der Waals surface area contributed by atoms with Crippen molar-refractivity contribution in [2.75, 3.05) is 30.5 Å². The molecule has 0 unspecified atom stereocenters. The number of anilines is 2. The van der Waals surface area contributed by atoms with Crippen molar-refractivity contribution in [1.29, 1.82) is 0 Å². The molecule has 0 aromatic heterocycles. The lowest BCUT2D eigenvalue weighted by Gasteiger charge is -2.19. The summed E-state index contributed by atoms with van der Waals surface area (Å²) in [7, 11) is 1.53. The molecule has 3 aromatic rings. The Morgan fingerprint density at radius 3 is 2.45 bits per heavy atom. The molecule has 3 aromatic carbocycles. The molecule has 2 aliphatic rings. The Bertz CT molecular complexity index is 1300. The molecule has 0 saturated heterocycles. The van der Waals surface area contributed by atoms with Crippen LogP contribution in [0.2, 0.25) is 0 Å². The van der Waals surface area contributed by atoms with Gasteiger partial charge >= 0.3 is 0 Å². The summed E-state index contributed by atoms with van der Waals surface area (Å²) in [6.45, 7) is 2.85. The van der Waals surface area contributed by atoms with Gasteiger partial charge in [-0.15, -0.1) is 0 Å². The Hall–Kier alpha value is -4.26. The van der Waals surface area contributed by atoms with E-state index in [0.717, 1.165) is 5.56 Å². The summed E-state index contributed by atoms with van der Waals surface area (Å²) in [5, 5.41) is 3.16. The lowest BCUT2D eigenvalue weighted by molar-refractivity contribution is -0.120. The minimum absolute atomic E-state index is 0.169. The number of hydrogen-bond donors (Lipinski definition) is 1. The minimum Gasteiger partial charge on any atom is -0.496 e. The largest absolute Gasteiger partial charge is 0.496 e. The maximum absolute atomic E-state index is 13.6. The van der Waals surface area contributed by atoms with Crippen molar-refractivity contribution in [1.82, 2.24) is 0 Å². The molecular formula is C26H22N2O5. The van der Waals surface area contributed by atoms with Crippen molar-refractivity contribution in [2.45, 2.75) is 6.92 Å². The van der Waals surface area contributed by atoms with Crippen LogP contribution in [0.4, 0.5) is 11.4 Å². The quantitative estimate of drug-likeness (QED) is 0.598. The zero-order valence-corrected chi connectivity index (χ0v) is 18.3. The third kappa shape index (κ3) is 3.67. The summed E-state index contributed by atoms with van der Waals surface area (Å²) in [5.74, 6) is 0.858.